The minimum absolute atomic E-state index is 0.0735. The van der Waals surface area contributed by atoms with Gasteiger partial charge >= 0.3 is 0 Å². The van der Waals surface area contributed by atoms with Gasteiger partial charge in [0.1, 0.15) is 5.75 Å². The van der Waals surface area contributed by atoms with Crippen molar-refractivity contribution in [3.05, 3.63) is 90.0 Å². The Kier molecular flexibility index (Phi) is 4.56. The molecule has 4 nitrogen and oxygen atoms in total. The van der Waals surface area contributed by atoms with Crippen LogP contribution in [-0.2, 0) is 17.9 Å². The molecule has 3 aromatic carbocycles. The number of anilines is 2. The van der Waals surface area contributed by atoms with Gasteiger partial charge < -0.3 is 15.0 Å². The summed E-state index contributed by atoms with van der Waals surface area (Å²) in [7, 11) is 0. The Labute approximate surface area is 153 Å². The zero-order valence-corrected chi connectivity index (χ0v) is 14.4. The minimum atomic E-state index is -0.118. The van der Waals surface area contributed by atoms with Gasteiger partial charge in [-0.15, -0.1) is 0 Å². The summed E-state index contributed by atoms with van der Waals surface area (Å²) in [6, 6.07) is 26.7. The Morgan fingerprint density at radius 3 is 2.08 bits per heavy atom. The molecule has 130 valence electrons. The van der Waals surface area contributed by atoms with E-state index in [1.165, 1.54) is 11.1 Å². The minimum Gasteiger partial charge on any atom is -0.482 e. The van der Waals surface area contributed by atoms with Crippen molar-refractivity contribution >= 4 is 17.3 Å². The van der Waals surface area contributed by atoms with Crippen LogP contribution in [0.25, 0.3) is 0 Å². The van der Waals surface area contributed by atoms with Crippen LogP contribution in [0.2, 0.25) is 0 Å². The first-order valence-electron chi connectivity index (χ1n) is 8.67. The molecule has 1 N–H and O–H groups in total. The molecule has 0 unspecified atom stereocenters. The average molecular weight is 344 g/mol. The SMILES string of the molecule is O=C1COc2ccc(N(Cc3ccccc3)Cc3ccccc3)cc2N1. The molecule has 0 aliphatic carbocycles. The Morgan fingerprint density at radius 1 is 0.846 bits per heavy atom. The summed E-state index contributed by atoms with van der Waals surface area (Å²) in [6.07, 6.45) is 0. The highest BCUT2D eigenvalue weighted by molar-refractivity contribution is 5.96. The van der Waals surface area contributed by atoms with E-state index in [1.807, 2.05) is 30.3 Å². The van der Waals surface area contributed by atoms with Gasteiger partial charge in [-0.05, 0) is 29.3 Å². The van der Waals surface area contributed by atoms with Crippen molar-refractivity contribution in [2.75, 3.05) is 16.8 Å². The number of fused-ring (bicyclic) bond motifs is 1. The lowest BCUT2D eigenvalue weighted by Crippen LogP contribution is -2.26. The van der Waals surface area contributed by atoms with E-state index in [9.17, 15) is 4.79 Å². The summed E-state index contributed by atoms with van der Waals surface area (Å²) in [4.78, 5) is 13.9. The number of carbonyl (C=O) groups is 1. The number of nitrogens with zero attached hydrogens (tertiary/aromatic N) is 1. The molecule has 1 amide bonds. The zero-order valence-electron chi connectivity index (χ0n) is 14.4. The number of carbonyl (C=O) groups excluding carboxylic acids is 1. The van der Waals surface area contributed by atoms with Crippen LogP contribution in [0, 0.1) is 0 Å². The van der Waals surface area contributed by atoms with Crippen molar-refractivity contribution in [3.63, 3.8) is 0 Å². The molecule has 4 rings (SSSR count). The van der Waals surface area contributed by atoms with Crippen LogP contribution in [-0.4, -0.2) is 12.5 Å². The highest BCUT2D eigenvalue weighted by Gasteiger charge is 2.18. The first kappa shape index (κ1) is 16.2. The Bertz CT molecular complexity index is 853. The number of hydrogen-bond donors (Lipinski definition) is 1. The van der Waals surface area contributed by atoms with Crippen LogP contribution in [0.15, 0.2) is 78.9 Å². The number of hydrogen-bond acceptors (Lipinski definition) is 3. The normalized spacial score (nSPS) is 12.7. The second-order valence-electron chi connectivity index (χ2n) is 6.34. The van der Waals surface area contributed by atoms with Gasteiger partial charge in [0.2, 0.25) is 0 Å². The maximum Gasteiger partial charge on any atom is 0.262 e. The van der Waals surface area contributed by atoms with Gasteiger partial charge in [0.25, 0.3) is 5.91 Å². The van der Waals surface area contributed by atoms with E-state index in [1.54, 1.807) is 0 Å². The first-order valence-corrected chi connectivity index (χ1v) is 8.67. The second-order valence-corrected chi connectivity index (χ2v) is 6.34. The monoisotopic (exact) mass is 344 g/mol. The van der Waals surface area contributed by atoms with Crippen molar-refractivity contribution < 1.29 is 9.53 Å². The third kappa shape index (κ3) is 3.70. The molecule has 0 fully saturated rings. The van der Waals surface area contributed by atoms with E-state index in [4.69, 9.17) is 4.74 Å². The molecule has 3 aromatic rings. The van der Waals surface area contributed by atoms with E-state index in [0.717, 1.165) is 24.5 Å². The van der Waals surface area contributed by atoms with Crippen LogP contribution in [0.4, 0.5) is 11.4 Å². The van der Waals surface area contributed by atoms with Crippen LogP contribution in [0.3, 0.4) is 0 Å². The van der Waals surface area contributed by atoms with Crippen LogP contribution in [0.5, 0.6) is 5.75 Å². The lowest BCUT2D eigenvalue weighted by Gasteiger charge is -2.27. The van der Waals surface area contributed by atoms with Crippen LogP contribution in [0.1, 0.15) is 11.1 Å². The van der Waals surface area contributed by atoms with Gasteiger partial charge in [0, 0.05) is 18.8 Å². The summed E-state index contributed by atoms with van der Waals surface area (Å²) in [5.74, 6) is 0.597. The fraction of sp³-hybridized carbons (Fsp3) is 0.136. The van der Waals surface area contributed by atoms with Gasteiger partial charge in [-0.25, -0.2) is 0 Å². The van der Waals surface area contributed by atoms with E-state index >= 15 is 0 Å². The van der Waals surface area contributed by atoms with Gasteiger partial charge in [0.05, 0.1) is 5.69 Å². The predicted octanol–water partition coefficient (Wildman–Crippen LogP) is 4.22. The maximum atomic E-state index is 11.6. The molecule has 4 heteroatoms. The predicted molar refractivity (Wildman–Crippen MR) is 103 cm³/mol. The zero-order chi connectivity index (χ0) is 17.8. The summed E-state index contributed by atoms with van der Waals surface area (Å²) in [6.45, 7) is 1.64. The molecular formula is C22H20N2O2. The molecule has 0 aromatic heterocycles. The maximum absolute atomic E-state index is 11.6. The lowest BCUT2D eigenvalue weighted by atomic mass is 10.1. The third-order valence-corrected chi connectivity index (χ3v) is 4.39. The summed E-state index contributed by atoms with van der Waals surface area (Å²) >= 11 is 0. The van der Waals surface area contributed by atoms with Gasteiger partial charge in [-0.1, -0.05) is 60.7 Å². The van der Waals surface area contributed by atoms with Crippen LogP contribution < -0.4 is 15.0 Å². The fourth-order valence-corrected chi connectivity index (χ4v) is 3.11. The molecule has 0 saturated carbocycles. The van der Waals surface area contributed by atoms with Gasteiger partial charge in [-0.2, -0.15) is 0 Å². The van der Waals surface area contributed by atoms with Gasteiger partial charge in [0.15, 0.2) is 6.61 Å². The standard InChI is InChI=1S/C22H20N2O2/c25-22-16-26-21-12-11-19(13-20(21)23-22)24(14-17-7-3-1-4-8-17)15-18-9-5-2-6-10-18/h1-13H,14-16H2,(H,23,25). The van der Waals surface area contributed by atoms with Gasteiger partial charge in [-0.3, -0.25) is 4.79 Å². The highest BCUT2D eigenvalue weighted by Crippen LogP contribution is 2.33. The van der Waals surface area contributed by atoms with Crippen molar-refractivity contribution in [2.45, 2.75) is 13.1 Å². The molecule has 0 saturated heterocycles. The van der Waals surface area contributed by atoms with E-state index in [2.05, 4.69) is 58.7 Å². The Hall–Kier alpha value is -3.27. The number of ether oxygens (including phenoxy) is 1. The third-order valence-electron chi connectivity index (χ3n) is 4.39. The quantitative estimate of drug-likeness (QED) is 0.753. The van der Waals surface area contributed by atoms with Crippen molar-refractivity contribution in [1.29, 1.82) is 0 Å². The molecular weight excluding hydrogens is 324 g/mol. The molecule has 0 atom stereocenters. The number of amides is 1. The highest BCUT2D eigenvalue weighted by atomic mass is 16.5. The van der Waals surface area contributed by atoms with Crippen molar-refractivity contribution in [3.8, 4) is 5.75 Å². The Balaban J connectivity index is 1.65. The van der Waals surface area contributed by atoms with Crippen molar-refractivity contribution in [2.24, 2.45) is 0 Å². The topological polar surface area (TPSA) is 41.6 Å². The fourth-order valence-electron chi connectivity index (χ4n) is 3.11. The largest absolute Gasteiger partial charge is 0.482 e. The molecule has 1 aliphatic heterocycles. The van der Waals surface area contributed by atoms with E-state index < -0.39 is 0 Å². The smallest absolute Gasteiger partial charge is 0.262 e. The number of nitrogens with one attached hydrogen (secondary N) is 1. The number of rotatable bonds is 5. The first-order chi connectivity index (χ1) is 12.8. The Morgan fingerprint density at radius 2 is 1.46 bits per heavy atom. The summed E-state index contributed by atoms with van der Waals surface area (Å²) < 4.78 is 5.48. The van der Waals surface area contributed by atoms with E-state index in [-0.39, 0.29) is 12.5 Å². The molecule has 1 heterocycles. The molecule has 1 aliphatic rings. The number of benzene rings is 3. The summed E-state index contributed by atoms with van der Waals surface area (Å²) in [5, 5.41) is 2.89. The molecule has 0 bridgehead atoms. The summed E-state index contributed by atoms with van der Waals surface area (Å²) in [5.41, 5.74) is 4.25. The van der Waals surface area contributed by atoms with Crippen LogP contribution >= 0.6 is 0 Å². The lowest BCUT2D eigenvalue weighted by molar-refractivity contribution is -0.118. The average Bonchev–Trinajstić information content (AvgIpc) is 2.68. The molecule has 26 heavy (non-hydrogen) atoms. The second kappa shape index (κ2) is 7.31. The van der Waals surface area contributed by atoms with E-state index in [0.29, 0.717) is 5.75 Å². The molecule has 0 spiro atoms. The molecule has 0 radical (unpaired) electrons. The van der Waals surface area contributed by atoms with Crippen molar-refractivity contribution in [1.82, 2.24) is 0 Å².